The predicted molar refractivity (Wildman–Crippen MR) is 238 cm³/mol. The van der Waals surface area contributed by atoms with E-state index in [4.69, 9.17) is 14.2 Å². The number of nitrogens with one attached hydrogen (secondary N) is 2. The molecule has 0 unspecified atom stereocenters. The van der Waals surface area contributed by atoms with Gasteiger partial charge in [0.15, 0.2) is 6.29 Å². The third-order valence-electron chi connectivity index (χ3n) is 11.2. The van der Waals surface area contributed by atoms with E-state index in [0.29, 0.717) is 19.6 Å². The second-order valence-electron chi connectivity index (χ2n) is 15.0. The lowest BCUT2D eigenvalue weighted by atomic mass is 9.77. The lowest BCUT2D eigenvalue weighted by Crippen LogP contribution is -2.55. The smallest absolute Gasteiger partial charge is 0.407 e. The molecular formula is C52H53N3O6. The van der Waals surface area contributed by atoms with Gasteiger partial charge >= 0.3 is 6.09 Å². The Balaban J connectivity index is 1.21. The molecule has 0 spiro atoms. The first-order valence-electron chi connectivity index (χ1n) is 21.1. The van der Waals surface area contributed by atoms with Gasteiger partial charge in [0.1, 0.15) is 18.2 Å². The van der Waals surface area contributed by atoms with Gasteiger partial charge in [-0.2, -0.15) is 0 Å². The van der Waals surface area contributed by atoms with Gasteiger partial charge in [-0.3, -0.25) is 9.59 Å². The molecule has 0 heterocycles. The van der Waals surface area contributed by atoms with Crippen LogP contribution in [0.4, 0.5) is 4.79 Å². The van der Waals surface area contributed by atoms with Crippen molar-refractivity contribution in [2.24, 2.45) is 0 Å². The Labute approximate surface area is 358 Å². The molecule has 0 radical (unpaired) electrons. The summed E-state index contributed by atoms with van der Waals surface area (Å²) in [4.78, 5) is 45.5. The number of ether oxygens (including phenoxy) is 3. The minimum atomic E-state index is -1.31. The number of fused-ring (bicyclic) bond motifs is 3. The van der Waals surface area contributed by atoms with Crippen LogP contribution in [0.3, 0.4) is 0 Å². The van der Waals surface area contributed by atoms with Crippen molar-refractivity contribution in [2.45, 2.75) is 50.5 Å². The van der Waals surface area contributed by atoms with E-state index < -0.39 is 35.8 Å². The highest BCUT2D eigenvalue weighted by Gasteiger charge is 2.40. The molecule has 1 aliphatic rings. The van der Waals surface area contributed by atoms with Gasteiger partial charge in [-0.25, -0.2) is 4.79 Å². The number of amides is 3. The molecule has 6 aromatic carbocycles. The summed E-state index contributed by atoms with van der Waals surface area (Å²) in [7, 11) is 0. The summed E-state index contributed by atoms with van der Waals surface area (Å²) in [6.45, 7) is 4.89. The number of benzene rings is 6. The van der Waals surface area contributed by atoms with Gasteiger partial charge < -0.3 is 29.7 Å². The third-order valence-corrected chi connectivity index (χ3v) is 11.2. The van der Waals surface area contributed by atoms with E-state index >= 15 is 4.79 Å². The van der Waals surface area contributed by atoms with Crippen molar-refractivity contribution in [1.82, 2.24) is 15.5 Å². The molecule has 312 valence electrons. The fourth-order valence-electron chi connectivity index (χ4n) is 8.33. The maximum Gasteiger partial charge on any atom is 0.407 e. The summed E-state index contributed by atoms with van der Waals surface area (Å²) >= 11 is 0. The fraction of sp³-hybridized carbons (Fsp3) is 0.250. The molecule has 6 aromatic rings. The number of carbonyl (C=O) groups excluding carboxylic acids is 3. The maximum atomic E-state index is 15.0. The molecule has 0 bridgehead atoms. The first kappa shape index (κ1) is 42.6. The van der Waals surface area contributed by atoms with Crippen molar-refractivity contribution in [2.75, 3.05) is 32.9 Å². The summed E-state index contributed by atoms with van der Waals surface area (Å²) in [5.41, 5.74) is 6.70. The summed E-state index contributed by atoms with van der Waals surface area (Å²) in [6.07, 6.45) is -1.38. The molecule has 0 aromatic heterocycles. The highest BCUT2D eigenvalue weighted by molar-refractivity contribution is 5.91. The molecule has 2 N–H and O–H groups in total. The van der Waals surface area contributed by atoms with Crippen LogP contribution in [-0.4, -0.2) is 68.0 Å². The highest BCUT2D eigenvalue weighted by Crippen LogP contribution is 2.44. The Morgan fingerprint density at radius 2 is 1.08 bits per heavy atom. The quantitative estimate of drug-likeness (QED) is 0.0626. The molecule has 9 heteroatoms. The second kappa shape index (κ2) is 20.6. The molecule has 1 aliphatic carbocycles. The van der Waals surface area contributed by atoms with Gasteiger partial charge in [-0.15, -0.1) is 0 Å². The lowest BCUT2D eigenvalue weighted by Gasteiger charge is -2.37. The lowest BCUT2D eigenvalue weighted by molar-refractivity contribution is -0.160. The van der Waals surface area contributed by atoms with Crippen LogP contribution in [0.25, 0.3) is 11.1 Å². The number of carbonyl (C=O) groups is 3. The van der Waals surface area contributed by atoms with E-state index in [1.54, 1.807) is 4.90 Å². The zero-order chi connectivity index (χ0) is 42.4. The van der Waals surface area contributed by atoms with E-state index in [2.05, 4.69) is 22.8 Å². The maximum absolute atomic E-state index is 15.0. The van der Waals surface area contributed by atoms with Gasteiger partial charge in [0.2, 0.25) is 11.8 Å². The van der Waals surface area contributed by atoms with Gasteiger partial charge in [0, 0.05) is 25.7 Å². The van der Waals surface area contributed by atoms with Crippen molar-refractivity contribution >= 4 is 17.9 Å². The Morgan fingerprint density at radius 1 is 0.623 bits per heavy atom. The van der Waals surface area contributed by atoms with Crippen LogP contribution in [0.5, 0.6) is 0 Å². The number of hydrogen-bond acceptors (Lipinski definition) is 6. The average molecular weight is 816 g/mol. The second-order valence-corrected chi connectivity index (χ2v) is 15.0. The van der Waals surface area contributed by atoms with Crippen LogP contribution >= 0.6 is 0 Å². The minimum Gasteiger partial charge on any atom is -0.449 e. The molecule has 0 saturated carbocycles. The summed E-state index contributed by atoms with van der Waals surface area (Å²) in [5, 5.41) is 6.21. The van der Waals surface area contributed by atoms with Crippen molar-refractivity contribution in [3.8, 4) is 11.1 Å². The van der Waals surface area contributed by atoms with E-state index in [0.717, 1.165) is 44.5 Å². The van der Waals surface area contributed by atoms with Crippen LogP contribution in [0.1, 0.15) is 59.6 Å². The normalized spacial score (nSPS) is 12.6. The monoisotopic (exact) mass is 815 g/mol. The third kappa shape index (κ3) is 10.1. The molecule has 9 nitrogen and oxygen atoms in total. The highest BCUT2D eigenvalue weighted by atomic mass is 16.7. The Hall–Kier alpha value is -6.55. The van der Waals surface area contributed by atoms with Crippen LogP contribution in [0.15, 0.2) is 170 Å². The predicted octanol–water partition coefficient (Wildman–Crippen LogP) is 8.86. The standard InChI is InChI=1S/C52H53N3O6/c1-3-59-49(60-4-2)36-55(34-33-38-21-9-5-10-22-38)50(57)47(53-51(58)61-37-46-44-31-19-17-29-42(44)43-30-18-20-32-45(43)46)35-48(56)54-52(39-23-11-6-12-24-39,40-25-13-7-14-26-40)41-27-15-8-16-28-41/h5-32,46-47,49H,3-4,33-37H2,1-2H3,(H,53,58)(H,54,56)/t47-/m0/s1. The van der Waals surface area contributed by atoms with Gasteiger partial charge in [0.05, 0.1) is 13.0 Å². The van der Waals surface area contributed by atoms with E-state index in [9.17, 15) is 9.59 Å². The molecule has 0 fully saturated rings. The van der Waals surface area contributed by atoms with Gasteiger partial charge in [-0.1, -0.05) is 170 Å². The molecular weight excluding hydrogens is 763 g/mol. The largest absolute Gasteiger partial charge is 0.449 e. The average Bonchev–Trinajstić information content (AvgIpc) is 3.63. The van der Waals surface area contributed by atoms with E-state index in [1.165, 1.54) is 0 Å². The summed E-state index contributed by atoms with van der Waals surface area (Å²) < 4.78 is 17.8. The van der Waals surface area contributed by atoms with Crippen LogP contribution in [0, 0.1) is 0 Å². The first-order valence-corrected chi connectivity index (χ1v) is 21.1. The van der Waals surface area contributed by atoms with E-state index in [-0.39, 0.29) is 32.0 Å². The van der Waals surface area contributed by atoms with Crippen LogP contribution in [-0.2, 0) is 35.8 Å². The zero-order valence-electron chi connectivity index (χ0n) is 34.7. The minimum absolute atomic E-state index is 0.0422. The molecule has 7 rings (SSSR count). The van der Waals surface area contributed by atoms with Crippen molar-refractivity contribution in [3.63, 3.8) is 0 Å². The Kier molecular flexibility index (Phi) is 14.4. The summed E-state index contributed by atoms with van der Waals surface area (Å²) in [6, 6.07) is 54.0. The molecule has 1 atom stereocenters. The number of hydrogen-bond donors (Lipinski definition) is 2. The van der Waals surface area contributed by atoms with Gasteiger partial charge in [-0.05, 0) is 64.8 Å². The molecule has 3 amide bonds. The van der Waals surface area contributed by atoms with Crippen molar-refractivity contribution in [1.29, 1.82) is 0 Å². The van der Waals surface area contributed by atoms with Gasteiger partial charge in [0.25, 0.3) is 0 Å². The molecule has 0 saturated heterocycles. The summed E-state index contributed by atoms with van der Waals surface area (Å²) in [5.74, 6) is -1.11. The SMILES string of the molecule is CCOC(CN(CCc1ccccc1)C(=O)[C@H](CC(=O)NC(c1ccccc1)(c1ccccc1)c1ccccc1)NC(=O)OCC1c2ccccc2-c2ccccc21)OCC. The Bertz CT molecular complexity index is 2190. The topological polar surface area (TPSA) is 106 Å². The zero-order valence-corrected chi connectivity index (χ0v) is 34.7. The number of nitrogens with zero attached hydrogens (tertiary/aromatic N) is 1. The Morgan fingerprint density at radius 3 is 1.57 bits per heavy atom. The fourth-order valence-corrected chi connectivity index (χ4v) is 8.33. The van der Waals surface area contributed by atoms with E-state index in [1.807, 2.05) is 172 Å². The number of alkyl carbamates (subject to hydrolysis) is 1. The molecule has 0 aliphatic heterocycles. The molecule has 61 heavy (non-hydrogen) atoms. The van der Waals surface area contributed by atoms with Crippen LogP contribution < -0.4 is 10.6 Å². The first-order chi connectivity index (χ1) is 29.9. The van der Waals surface area contributed by atoms with Crippen molar-refractivity contribution in [3.05, 3.63) is 203 Å². The number of rotatable bonds is 19. The van der Waals surface area contributed by atoms with Crippen molar-refractivity contribution < 1.29 is 28.6 Å². The van der Waals surface area contributed by atoms with Crippen LogP contribution in [0.2, 0.25) is 0 Å².